The lowest BCUT2D eigenvalue weighted by Crippen LogP contribution is -2.31. The molecule has 0 fully saturated rings. The third-order valence-electron chi connectivity index (χ3n) is 3.58. The number of hydrogen-bond donors (Lipinski definition) is 2. The van der Waals surface area contributed by atoms with Crippen LogP contribution in [0.25, 0.3) is 0 Å². The molecule has 0 heterocycles. The van der Waals surface area contributed by atoms with Crippen LogP contribution in [0.2, 0.25) is 30.1 Å². The van der Waals surface area contributed by atoms with Crippen LogP contribution in [-0.2, 0) is 9.59 Å². The Morgan fingerprint density at radius 2 is 0.923 bits per heavy atom. The molecule has 0 spiro atoms. The molecule has 0 aliphatic rings. The smallest absolute Gasteiger partial charge is 0.318 e. The number of halogens is 6. The minimum Gasteiger partial charge on any atom is -0.481 e. The van der Waals surface area contributed by atoms with Crippen LogP contribution in [0.4, 0.5) is 0 Å². The molecule has 0 radical (unpaired) electrons. The Hall–Kier alpha value is -0.880. The van der Waals surface area contributed by atoms with Crippen molar-refractivity contribution in [1.29, 1.82) is 0 Å². The fourth-order valence-electron chi connectivity index (χ4n) is 2.57. The van der Waals surface area contributed by atoms with E-state index in [4.69, 9.17) is 69.6 Å². The predicted molar refractivity (Wildman–Crippen MR) is 104 cm³/mol. The Morgan fingerprint density at radius 3 is 1.15 bits per heavy atom. The van der Waals surface area contributed by atoms with E-state index in [2.05, 4.69) is 0 Å². The third-order valence-corrected chi connectivity index (χ3v) is 5.26. The summed E-state index contributed by atoms with van der Waals surface area (Å²) < 4.78 is 0. The first-order valence-electron chi connectivity index (χ1n) is 6.79. The van der Waals surface area contributed by atoms with Gasteiger partial charge in [-0.15, -0.1) is 0 Å². The number of aliphatic carboxylic acids is 2. The van der Waals surface area contributed by atoms with Gasteiger partial charge in [-0.25, -0.2) is 0 Å². The molecule has 0 bridgehead atoms. The third kappa shape index (κ3) is 4.33. The number of rotatable bonds is 5. The van der Waals surface area contributed by atoms with Crippen molar-refractivity contribution in [3.05, 3.63) is 65.5 Å². The average Bonchev–Trinajstić information content (AvgIpc) is 2.43. The SMILES string of the molecule is O=C(O)C(C(=O)O)C(c1c(Cl)cc(Cl)cc1Cl)c1c(Cl)cc(Cl)cc1Cl. The van der Waals surface area contributed by atoms with Crippen molar-refractivity contribution in [2.75, 3.05) is 0 Å². The monoisotopic (exact) mass is 474 g/mol. The van der Waals surface area contributed by atoms with E-state index in [9.17, 15) is 19.8 Å². The average molecular weight is 477 g/mol. The Balaban J connectivity index is 2.90. The second kappa shape index (κ2) is 8.42. The van der Waals surface area contributed by atoms with E-state index in [0.29, 0.717) is 0 Å². The van der Waals surface area contributed by atoms with E-state index in [-0.39, 0.29) is 41.3 Å². The van der Waals surface area contributed by atoms with Crippen molar-refractivity contribution in [2.45, 2.75) is 5.92 Å². The molecule has 2 N–H and O–H groups in total. The number of benzene rings is 2. The van der Waals surface area contributed by atoms with Crippen molar-refractivity contribution in [3.63, 3.8) is 0 Å². The minimum atomic E-state index is -1.97. The van der Waals surface area contributed by atoms with Gasteiger partial charge in [-0.2, -0.15) is 0 Å². The van der Waals surface area contributed by atoms with Gasteiger partial charge in [0, 0.05) is 36.1 Å². The van der Waals surface area contributed by atoms with Crippen LogP contribution >= 0.6 is 69.6 Å². The quantitative estimate of drug-likeness (QED) is 0.481. The molecule has 4 nitrogen and oxygen atoms in total. The van der Waals surface area contributed by atoms with Crippen molar-refractivity contribution < 1.29 is 19.8 Å². The lowest BCUT2D eigenvalue weighted by atomic mass is 9.80. The van der Waals surface area contributed by atoms with Crippen molar-refractivity contribution in [1.82, 2.24) is 0 Å². The van der Waals surface area contributed by atoms with Crippen LogP contribution in [-0.4, -0.2) is 22.2 Å². The van der Waals surface area contributed by atoms with Crippen LogP contribution in [0.1, 0.15) is 17.0 Å². The van der Waals surface area contributed by atoms with Gasteiger partial charge in [0.2, 0.25) is 0 Å². The lowest BCUT2D eigenvalue weighted by molar-refractivity contribution is -0.155. The summed E-state index contributed by atoms with van der Waals surface area (Å²) >= 11 is 36.6. The predicted octanol–water partition coefficient (Wildman–Crippen LogP) is 6.52. The molecule has 0 amide bonds. The summed E-state index contributed by atoms with van der Waals surface area (Å²) in [6, 6.07) is 5.26. The summed E-state index contributed by atoms with van der Waals surface area (Å²) in [7, 11) is 0. The van der Waals surface area contributed by atoms with Crippen LogP contribution in [0.15, 0.2) is 24.3 Å². The van der Waals surface area contributed by atoms with E-state index >= 15 is 0 Å². The van der Waals surface area contributed by atoms with Gasteiger partial charge in [0.1, 0.15) is 0 Å². The van der Waals surface area contributed by atoms with Gasteiger partial charge < -0.3 is 10.2 Å². The van der Waals surface area contributed by atoms with Gasteiger partial charge in [0.25, 0.3) is 0 Å². The number of carbonyl (C=O) groups is 2. The number of carboxylic acids is 2. The molecule has 0 unspecified atom stereocenters. The number of hydrogen-bond acceptors (Lipinski definition) is 2. The van der Waals surface area contributed by atoms with Crippen LogP contribution in [0.5, 0.6) is 0 Å². The summed E-state index contributed by atoms with van der Waals surface area (Å²) in [5, 5.41) is 19.3. The van der Waals surface area contributed by atoms with Gasteiger partial charge in [-0.1, -0.05) is 69.6 Å². The Kier molecular flexibility index (Phi) is 6.94. The van der Waals surface area contributed by atoms with Crippen LogP contribution in [0, 0.1) is 5.92 Å². The molecule has 0 saturated carbocycles. The van der Waals surface area contributed by atoms with Gasteiger partial charge in [0.15, 0.2) is 5.92 Å². The maximum absolute atomic E-state index is 11.7. The van der Waals surface area contributed by atoms with Gasteiger partial charge in [-0.05, 0) is 35.4 Å². The molecule has 0 saturated heterocycles. The van der Waals surface area contributed by atoms with Crippen molar-refractivity contribution in [2.24, 2.45) is 5.92 Å². The molecule has 0 aromatic heterocycles. The molecule has 2 aromatic rings. The van der Waals surface area contributed by atoms with E-state index in [1.54, 1.807) is 0 Å². The van der Waals surface area contributed by atoms with E-state index in [1.165, 1.54) is 24.3 Å². The molecule has 0 aliphatic carbocycles. The molecule has 10 heteroatoms. The van der Waals surface area contributed by atoms with Gasteiger partial charge >= 0.3 is 11.9 Å². The summed E-state index contributed by atoms with van der Waals surface area (Å²) in [5.74, 6) is -6.60. The highest BCUT2D eigenvalue weighted by Gasteiger charge is 2.41. The summed E-state index contributed by atoms with van der Waals surface area (Å²) in [4.78, 5) is 23.4. The Bertz CT molecular complexity index is 781. The zero-order valence-corrected chi connectivity index (χ0v) is 17.0. The maximum Gasteiger partial charge on any atom is 0.318 e. The highest BCUT2D eigenvalue weighted by atomic mass is 35.5. The first-order valence-corrected chi connectivity index (χ1v) is 9.05. The molecule has 26 heavy (non-hydrogen) atoms. The zero-order chi connectivity index (χ0) is 19.8. The molecular formula is C16H8Cl6O4. The van der Waals surface area contributed by atoms with Gasteiger partial charge in [0.05, 0.1) is 0 Å². The van der Waals surface area contributed by atoms with E-state index in [0.717, 1.165) is 0 Å². The maximum atomic E-state index is 11.7. The second-order valence-corrected chi connectivity index (χ2v) is 7.70. The first-order chi connectivity index (χ1) is 12.0. The molecule has 138 valence electrons. The normalized spacial score (nSPS) is 11.2. The number of carboxylic acid groups (broad SMARTS) is 2. The van der Waals surface area contributed by atoms with E-state index in [1.807, 2.05) is 0 Å². The largest absolute Gasteiger partial charge is 0.481 e. The first kappa shape index (κ1) is 21.4. The van der Waals surface area contributed by atoms with Gasteiger partial charge in [-0.3, -0.25) is 9.59 Å². The summed E-state index contributed by atoms with van der Waals surface area (Å²) in [6.45, 7) is 0. The fraction of sp³-hybridized carbons (Fsp3) is 0.125. The minimum absolute atomic E-state index is 0.0258. The summed E-state index contributed by atoms with van der Waals surface area (Å²) in [6.07, 6.45) is 0. The highest BCUT2D eigenvalue weighted by Crippen LogP contribution is 2.47. The molecular weight excluding hydrogens is 469 g/mol. The van der Waals surface area contributed by atoms with Crippen molar-refractivity contribution >= 4 is 81.5 Å². The van der Waals surface area contributed by atoms with Crippen molar-refractivity contribution in [3.8, 4) is 0 Å². The Morgan fingerprint density at radius 1 is 0.654 bits per heavy atom. The molecule has 0 atom stereocenters. The highest BCUT2D eigenvalue weighted by molar-refractivity contribution is 6.41. The second-order valence-electron chi connectivity index (χ2n) is 5.20. The topological polar surface area (TPSA) is 74.6 Å². The van der Waals surface area contributed by atoms with Crippen LogP contribution < -0.4 is 0 Å². The Labute approximate surface area is 178 Å². The molecule has 2 aromatic carbocycles. The lowest BCUT2D eigenvalue weighted by Gasteiger charge is -2.26. The van der Waals surface area contributed by atoms with E-state index < -0.39 is 23.8 Å². The fourth-order valence-corrected chi connectivity index (χ4v) is 4.67. The standard InChI is InChI=1S/C16H8Cl6O4/c17-5-1-7(19)11(8(20)2-5)13(14(15(23)24)16(25)26)12-9(21)3-6(18)4-10(12)22/h1-4,13-14H,(H,23,24)(H,25,26). The molecule has 2 rings (SSSR count). The zero-order valence-electron chi connectivity index (χ0n) is 12.4. The molecule has 0 aliphatic heterocycles. The van der Waals surface area contributed by atoms with Crippen LogP contribution in [0.3, 0.4) is 0 Å². The summed E-state index contributed by atoms with van der Waals surface area (Å²) in [5.41, 5.74) is 0.0531.